The van der Waals surface area contributed by atoms with Crippen LogP contribution in [0.5, 0.6) is 0 Å². The van der Waals surface area contributed by atoms with E-state index in [0.717, 1.165) is 22.3 Å². The van der Waals surface area contributed by atoms with Crippen molar-refractivity contribution >= 4 is 29.1 Å². The number of hydrogen-bond donors (Lipinski definition) is 2. The third kappa shape index (κ3) is 4.83. The fraction of sp³-hybridized carbons (Fsp3) is 0.263. The van der Waals surface area contributed by atoms with Crippen LogP contribution in [-0.2, 0) is 16.1 Å². The van der Waals surface area contributed by atoms with Gasteiger partial charge in [-0.1, -0.05) is 41.9 Å². The van der Waals surface area contributed by atoms with Crippen molar-refractivity contribution in [1.29, 1.82) is 0 Å². The van der Waals surface area contributed by atoms with Crippen LogP contribution in [0.4, 0.5) is 5.69 Å². The van der Waals surface area contributed by atoms with Gasteiger partial charge in [0.05, 0.1) is 10.7 Å². The quantitative estimate of drug-likeness (QED) is 0.808. The smallest absolute Gasteiger partial charge is 0.233 e. The van der Waals surface area contributed by atoms with Crippen LogP contribution in [0.2, 0.25) is 5.02 Å². The first kappa shape index (κ1) is 18.0. The zero-order chi connectivity index (χ0) is 17.7. The molecule has 4 nitrogen and oxygen atoms in total. The van der Waals surface area contributed by atoms with Crippen LogP contribution in [0.25, 0.3) is 0 Å². The van der Waals surface area contributed by atoms with Gasteiger partial charge in [-0.3, -0.25) is 9.59 Å². The molecule has 0 aliphatic heterocycles. The number of nitrogens with one attached hydrogen (secondary N) is 2. The highest BCUT2D eigenvalue weighted by Crippen LogP contribution is 2.27. The first-order valence-electron chi connectivity index (χ1n) is 7.74. The molecule has 0 radical (unpaired) electrons. The summed E-state index contributed by atoms with van der Waals surface area (Å²) in [5, 5.41) is 5.95. The molecule has 0 heterocycles. The molecule has 0 bridgehead atoms. The highest BCUT2D eigenvalue weighted by molar-refractivity contribution is 6.34. The number of halogens is 1. The maximum Gasteiger partial charge on any atom is 0.233 e. The maximum atomic E-state index is 12.1. The minimum absolute atomic E-state index is 0.241. The second-order valence-corrected chi connectivity index (χ2v) is 6.27. The normalized spacial score (nSPS) is 10.3. The number of aryl methyl sites for hydroxylation is 3. The Morgan fingerprint density at radius 2 is 1.71 bits per heavy atom. The van der Waals surface area contributed by atoms with Crippen molar-refractivity contribution in [2.45, 2.75) is 33.7 Å². The molecule has 5 heteroatoms. The molecule has 2 rings (SSSR count). The molecule has 0 spiro atoms. The van der Waals surface area contributed by atoms with E-state index < -0.39 is 0 Å². The SMILES string of the molecule is Cc1cc(C)c(NC(=O)CC(=O)NCc2ccccc2C)c(Cl)c1. The van der Waals surface area contributed by atoms with E-state index in [4.69, 9.17) is 11.6 Å². The Hall–Kier alpha value is -2.33. The summed E-state index contributed by atoms with van der Waals surface area (Å²) in [5.41, 5.74) is 4.58. The number of carbonyl (C=O) groups is 2. The first-order valence-corrected chi connectivity index (χ1v) is 8.12. The molecule has 0 unspecified atom stereocenters. The Bertz CT molecular complexity index is 749. The molecule has 2 aromatic rings. The third-order valence-corrected chi connectivity index (χ3v) is 4.05. The summed E-state index contributed by atoms with van der Waals surface area (Å²) in [6, 6.07) is 11.5. The number of anilines is 1. The highest BCUT2D eigenvalue weighted by atomic mass is 35.5. The molecule has 2 N–H and O–H groups in total. The van der Waals surface area contributed by atoms with Crippen LogP contribution < -0.4 is 10.6 Å². The Morgan fingerprint density at radius 3 is 2.38 bits per heavy atom. The second kappa shape index (κ2) is 7.97. The minimum atomic E-state index is -0.383. The zero-order valence-corrected chi connectivity index (χ0v) is 14.8. The molecule has 2 aromatic carbocycles. The van der Waals surface area contributed by atoms with E-state index in [1.807, 2.05) is 51.1 Å². The molecule has 0 saturated carbocycles. The van der Waals surface area contributed by atoms with Crippen molar-refractivity contribution in [3.8, 4) is 0 Å². The Balaban J connectivity index is 1.91. The van der Waals surface area contributed by atoms with Gasteiger partial charge in [-0.15, -0.1) is 0 Å². The summed E-state index contributed by atoms with van der Waals surface area (Å²) in [4.78, 5) is 24.0. The number of benzene rings is 2. The number of rotatable bonds is 5. The van der Waals surface area contributed by atoms with Gasteiger partial charge in [-0.25, -0.2) is 0 Å². The third-order valence-electron chi connectivity index (χ3n) is 3.75. The number of amides is 2. The van der Waals surface area contributed by atoms with Crippen LogP contribution in [0, 0.1) is 20.8 Å². The van der Waals surface area contributed by atoms with Crippen LogP contribution in [0.3, 0.4) is 0 Å². The summed E-state index contributed by atoms with van der Waals surface area (Å²) in [5.74, 6) is -0.706. The van der Waals surface area contributed by atoms with Crippen LogP contribution in [0.1, 0.15) is 28.7 Å². The predicted molar refractivity (Wildman–Crippen MR) is 97.2 cm³/mol. The van der Waals surface area contributed by atoms with Gasteiger partial charge >= 0.3 is 0 Å². The minimum Gasteiger partial charge on any atom is -0.352 e. The van der Waals surface area contributed by atoms with Gasteiger partial charge in [0.1, 0.15) is 6.42 Å². The predicted octanol–water partition coefficient (Wildman–Crippen LogP) is 3.91. The highest BCUT2D eigenvalue weighted by Gasteiger charge is 2.13. The fourth-order valence-corrected chi connectivity index (χ4v) is 2.84. The van der Waals surface area contributed by atoms with Crippen molar-refractivity contribution in [2.24, 2.45) is 0 Å². The van der Waals surface area contributed by atoms with Crippen molar-refractivity contribution in [1.82, 2.24) is 5.32 Å². The van der Waals surface area contributed by atoms with Crippen molar-refractivity contribution in [3.63, 3.8) is 0 Å². The molecular weight excluding hydrogens is 324 g/mol. The summed E-state index contributed by atoms with van der Waals surface area (Å²) in [7, 11) is 0. The number of carbonyl (C=O) groups excluding carboxylic acids is 2. The summed E-state index contributed by atoms with van der Waals surface area (Å²) in [6.45, 7) is 6.19. The van der Waals surface area contributed by atoms with E-state index >= 15 is 0 Å². The van der Waals surface area contributed by atoms with E-state index in [-0.39, 0.29) is 18.2 Å². The van der Waals surface area contributed by atoms with Crippen molar-refractivity contribution in [2.75, 3.05) is 5.32 Å². The molecule has 0 fully saturated rings. The van der Waals surface area contributed by atoms with E-state index in [9.17, 15) is 9.59 Å². The van der Waals surface area contributed by atoms with Gasteiger partial charge in [0, 0.05) is 6.54 Å². The fourth-order valence-electron chi connectivity index (χ4n) is 2.47. The lowest BCUT2D eigenvalue weighted by Gasteiger charge is -2.12. The Kier molecular flexibility index (Phi) is 5.99. The molecule has 0 aliphatic carbocycles. The average molecular weight is 345 g/mol. The van der Waals surface area contributed by atoms with Crippen LogP contribution in [0.15, 0.2) is 36.4 Å². The Labute approximate surface area is 147 Å². The lowest BCUT2D eigenvalue weighted by Crippen LogP contribution is -2.28. The van der Waals surface area contributed by atoms with Crippen molar-refractivity contribution in [3.05, 3.63) is 63.7 Å². The molecule has 126 valence electrons. The lowest BCUT2D eigenvalue weighted by molar-refractivity contribution is -0.126. The van der Waals surface area contributed by atoms with E-state index in [2.05, 4.69) is 10.6 Å². The van der Waals surface area contributed by atoms with Crippen LogP contribution >= 0.6 is 11.6 Å². The Morgan fingerprint density at radius 1 is 1.00 bits per heavy atom. The van der Waals surface area contributed by atoms with Gasteiger partial charge in [0.2, 0.25) is 11.8 Å². The van der Waals surface area contributed by atoms with E-state index in [1.54, 1.807) is 6.07 Å². The number of hydrogen-bond acceptors (Lipinski definition) is 2. The zero-order valence-electron chi connectivity index (χ0n) is 14.1. The summed E-state index contributed by atoms with van der Waals surface area (Å²) in [6.07, 6.45) is -0.241. The summed E-state index contributed by atoms with van der Waals surface area (Å²) < 4.78 is 0. The first-order chi connectivity index (χ1) is 11.4. The maximum absolute atomic E-state index is 12.1. The molecule has 0 aliphatic rings. The molecule has 0 atom stereocenters. The van der Waals surface area contributed by atoms with Gasteiger partial charge in [0.25, 0.3) is 0 Å². The van der Waals surface area contributed by atoms with Gasteiger partial charge < -0.3 is 10.6 Å². The van der Waals surface area contributed by atoms with E-state index in [0.29, 0.717) is 17.3 Å². The van der Waals surface area contributed by atoms with Crippen molar-refractivity contribution < 1.29 is 9.59 Å². The molecule has 0 saturated heterocycles. The lowest BCUT2D eigenvalue weighted by atomic mass is 10.1. The monoisotopic (exact) mass is 344 g/mol. The second-order valence-electron chi connectivity index (χ2n) is 5.87. The van der Waals surface area contributed by atoms with Crippen LogP contribution in [-0.4, -0.2) is 11.8 Å². The molecular formula is C19H21ClN2O2. The summed E-state index contributed by atoms with van der Waals surface area (Å²) >= 11 is 6.16. The van der Waals surface area contributed by atoms with E-state index in [1.165, 1.54) is 0 Å². The van der Waals surface area contributed by atoms with Gasteiger partial charge in [0.15, 0.2) is 0 Å². The topological polar surface area (TPSA) is 58.2 Å². The molecule has 2 amide bonds. The average Bonchev–Trinajstić information content (AvgIpc) is 2.50. The van der Waals surface area contributed by atoms with Gasteiger partial charge in [-0.2, -0.15) is 0 Å². The largest absolute Gasteiger partial charge is 0.352 e. The molecule has 0 aromatic heterocycles. The standard InChI is InChI=1S/C19H21ClN2O2/c1-12-8-14(3)19(16(20)9-12)22-18(24)10-17(23)21-11-15-7-5-4-6-13(15)2/h4-9H,10-11H2,1-3H3,(H,21,23)(H,22,24). The molecule has 24 heavy (non-hydrogen) atoms. The van der Waals surface area contributed by atoms with Gasteiger partial charge in [-0.05, 0) is 49.1 Å².